The number of rotatable bonds is 3. The molecule has 0 aromatic heterocycles. The lowest BCUT2D eigenvalue weighted by Gasteiger charge is -2.03. The molecule has 0 heterocycles. The van der Waals surface area contributed by atoms with Crippen molar-refractivity contribution in [1.82, 2.24) is 4.72 Å². The molecule has 0 radical (unpaired) electrons. The molecule has 0 atom stereocenters. The summed E-state index contributed by atoms with van der Waals surface area (Å²) in [4.78, 5) is 0. The molecule has 1 nitrogen and oxygen atoms in total. The molecule has 0 aliphatic rings. The lowest BCUT2D eigenvalue weighted by atomic mass is 10.5. The molecule has 0 bridgehead atoms. The minimum absolute atomic E-state index is 0.0833. The molecule has 0 saturated heterocycles. The molecule has 0 spiro atoms. The van der Waals surface area contributed by atoms with E-state index in [0.717, 1.165) is 11.9 Å². The minimum atomic E-state index is -4.01. The second kappa shape index (κ2) is 4.00. The molecule has 0 aliphatic heterocycles. The van der Waals surface area contributed by atoms with Crippen LogP contribution in [0.2, 0.25) is 0 Å². The van der Waals surface area contributed by atoms with Gasteiger partial charge in [0.2, 0.25) is 0 Å². The Morgan fingerprint density at radius 3 is 2.33 bits per heavy atom. The van der Waals surface area contributed by atoms with Gasteiger partial charge in [0.25, 0.3) is 0 Å². The van der Waals surface area contributed by atoms with Crippen LogP contribution < -0.4 is 4.72 Å². The fraction of sp³-hybridized carbons (Fsp3) is 1.00. The Bertz CT molecular complexity index is 72.7. The third kappa shape index (κ3) is 8.10. The number of halogens is 3. The van der Waals surface area contributed by atoms with Crippen LogP contribution in [0, 0.1) is 0 Å². The van der Waals surface area contributed by atoms with Gasteiger partial charge in [-0.3, -0.25) is 4.72 Å². The Hall–Kier alpha value is 0.100. The normalized spacial score (nSPS) is 12.0. The zero-order chi connectivity index (χ0) is 7.33. The van der Waals surface area contributed by atoms with Crippen LogP contribution in [0.5, 0.6) is 0 Å². The van der Waals surface area contributed by atoms with Crippen LogP contribution in [-0.2, 0) is 0 Å². The Balaban J connectivity index is 3.07. The maximum atomic E-state index is 11.3. The molecule has 0 aromatic carbocycles. The SMILES string of the molecule is CNSCCC(F)(F)F. The summed E-state index contributed by atoms with van der Waals surface area (Å²) in [6, 6.07) is 0. The van der Waals surface area contributed by atoms with Crippen LogP contribution >= 0.6 is 11.9 Å². The van der Waals surface area contributed by atoms with Gasteiger partial charge in [0.05, 0.1) is 6.42 Å². The van der Waals surface area contributed by atoms with Gasteiger partial charge in [0.1, 0.15) is 0 Å². The van der Waals surface area contributed by atoms with Crippen molar-refractivity contribution in [3.63, 3.8) is 0 Å². The largest absolute Gasteiger partial charge is 0.389 e. The molecular formula is C4H8F3NS. The van der Waals surface area contributed by atoms with Gasteiger partial charge in [-0.25, -0.2) is 0 Å². The quantitative estimate of drug-likeness (QED) is 0.498. The predicted molar refractivity (Wildman–Crippen MR) is 32.2 cm³/mol. The van der Waals surface area contributed by atoms with Crippen LogP contribution in [0.4, 0.5) is 13.2 Å². The molecule has 0 aromatic rings. The molecule has 0 amide bonds. The zero-order valence-electron chi connectivity index (χ0n) is 4.96. The number of nitrogens with one attached hydrogen (secondary N) is 1. The van der Waals surface area contributed by atoms with Crippen LogP contribution in [-0.4, -0.2) is 19.0 Å². The first-order valence-corrected chi connectivity index (χ1v) is 3.40. The second-order valence-electron chi connectivity index (χ2n) is 1.42. The van der Waals surface area contributed by atoms with Gasteiger partial charge in [0.15, 0.2) is 0 Å². The van der Waals surface area contributed by atoms with Gasteiger partial charge in [-0.05, 0) is 7.05 Å². The molecule has 1 N–H and O–H groups in total. The Morgan fingerprint density at radius 2 is 2.00 bits per heavy atom. The average Bonchev–Trinajstić information content (AvgIpc) is 1.63. The summed E-state index contributed by atoms with van der Waals surface area (Å²) in [6.45, 7) is 0. The fourth-order valence-corrected chi connectivity index (χ4v) is 0.806. The molecule has 0 saturated carbocycles. The van der Waals surface area contributed by atoms with E-state index in [-0.39, 0.29) is 5.75 Å². The lowest BCUT2D eigenvalue weighted by Crippen LogP contribution is -2.09. The van der Waals surface area contributed by atoms with Crippen LogP contribution in [0.15, 0.2) is 0 Å². The molecule has 9 heavy (non-hydrogen) atoms. The molecule has 0 rings (SSSR count). The van der Waals surface area contributed by atoms with E-state index in [0.29, 0.717) is 0 Å². The first kappa shape index (κ1) is 9.10. The van der Waals surface area contributed by atoms with Crippen molar-refractivity contribution >= 4 is 11.9 Å². The third-order valence-electron chi connectivity index (χ3n) is 0.632. The van der Waals surface area contributed by atoms with Crippen molar-refractivity contribution in [1.29, 1.82) is 0 Å². The Morgan fingerprint density at radius 1 is 1.44 bits per heavy atom. The van der Waals surface area contributed by atoms with E-state index in [1.807, 2.05) is 0 Å². The van der Waals surface area contributed by atoms with Crippen molar-refractivity contribution in [3.8, 4) is 0 Å². The van der Waals surface area contributed by atoms with Crippen molar-refractivity contribution in [3.05, 3.63) is 0 Å². The van der Waals surface area contributed by atoms with E-state index in [4.69, 9.17) is 0 Å². The number of alkyl halides is 3. The van der Waals surface area contributed by atoms with Crippen molar-refractivity contribution < 1.29 is 13.2 Å². The Kier molecular flexibility index (Phi) is 4.05. The van der Waals surface area contributed by atoms with Gasteiger partial charge in [-0.15, -0.1) is 0 Å². The maximum Gasteiger partial charge on any atom is 0.389 e. The maximum absolute atomic E-state index is 11.3. The number of hydrogen-bond donors (Lipinski definition) is 1. The van der Waals surface area contributed by atoms with Crippen molar-refractivity contribution in [2.75, 3.05) is 12.8 Å². The molecule has 5 heteroatoms. The molecule has 56 valence electrons. The van der Waals surface area contributed by atoms with Crippen molar-refractivity contribution in [2.24, 2.45) is 0 Å². The summed E-state index contributed by atoms with van der Waals surface area (Å²) in [5, 5.41) is 0. The first-order chi connectivity index (χ1) is 4.06. The molecule has 0 aliphatic carbocycles. The zero-order valence-corrected chi connectivity index (χ0v) is 5.77. The first-order valence-electron chi connectivity index (χ1n) is 2.41. The van der Waals surface area contributed by atoms with Gasteiger partial charge in [0, 0.05) is 5.75 Å². The Labute approximate surface area is 56.1 Å². The summed E-state index contributed by atoms with van der Waals surface area (Å²) in [5.41, 5.74) is 0. The van der Waals surface area contributed by atoms with Gasteiger partial charge in [-0.1, -0.05) is 11.9 Å². The summed E-state index contributed by atoms with van der Waals surface area (Å²) in [5.74, 6) is 0.0833. The van der Waals surface area contributed by atoms with E-state index in [1.165, 1.54) is 0 Å². The van der Waals surface area contributed by atoms with E-state index in [2.05, 4.69) is 4.72 Å². The summed E-state index contributed by atoms with van der Waals surface area (Å²) in [7, 11) is 1.60. The van der Waals surface area contributed by atoms with E-state index >= 15 is 0 Å². The van der Waals surface area contributed by atoms with E-state index in [1.54, 1.807) is 7.05 Å². The summed E-state index contributed by atoms with van der Waals surface area (Å²) < 4.78 is 36.6. The third-order valence-corrected chi connectivity index (χ3v) is 1.33. The van der Waals surface area contributed by atoms with Crippen molar-refractivity contribution in [2.45, 2.75) is 12.6 Å². The highest BCUT2D eigenvalue weighted by atomic mass is 32.2. The van der Waals surface area contributed by atoms with Crippen LogP contribution in [0.1, 0.15) is 6.42 Å². The van der Waals surface area contributed by atoms with Crippen LogP contribution in [0.3, 0.4) is 0 Å². The monoisotopic (exact) mass is 159 g/mol. The van der Waals surface area contributed by atoms with Gasteiger partial charge < -0.3 is 0 Å². The molecular weight excluding hydrogens is 151 g/mol. The van der Waals surface area contributed by atoms with E-state index < -0.39 is 12.6 Å². The number of hydrogen-bond acceptors (Lipinski definition) is 2. The average molecular weight is 159 g/mol. The predicted octanol–water partition coefficient (Wildman–Crippen LogP) is 1.81. The lowest BCUT2D eigenvalue weighted by molar-refractivity contribution is -0.129. The highest BCUT2D eigenvalue weighted by molar-refractivity contribution is 7.97. The standard InChI is InChI=1S/C4H8F3NS/c1-8-9-3-2-4(5,6)7/h8H,2-3H2,1H3. The van der Waals surface area contributed by atoms with Crippen LogP contribution in [0.25, 0.3) is 0 Å². The van der Waals surface area contributed by atoms with E-state index in [9.17, 15) is 13.2 Å². The highest BCUT2D eigenvalue weighted by Crippen LogP contribution is 2.20. The topological polar surface area (TPSA) is 12.0 Å². The van der Waals surface area contributed by atoms with Gasteiger partial charge in [-0.2, -0.15) is 13.2 Å². The minimum Gasteiger partial charge on any atom is -0.267 e. The smallest absolute Gasteiger partial charge is 0.267 e. The fourth-order valence-electron chi connectivity index (χ4n) is 0.269. The van der Waals surface area contributed by atoms with Gasteiger partial charge >= 0.3 is 6.18 Å². The summed E-state index contributed by atoms with van der Waals surface area (Å²) >= 11 is 1.06. The highest BCUT2D eigenvalue weighted by Gasteiger charge is 2.25. The summed E-state index contributed by atoms with van der Waals surface area (Å²) in [6.07, 6.45) is -4.73. The molecule has 0 unspecified atom stereocenters. The second-order valence-corrected chi connectivity index (χ2v) is 2.52. The molecule has 0 fully saturated rings.